The maximum Gasteiger partial charge on any atom is 0.419 e. The number of hydrogen-bond donors (Lipinski definition) is 0. The van der Waals surface area contributed by atoms with Crippen LogP contribution in [-0.4, -0.2) is 29.0 Å². The van der Waals surface area contributed by atoms with Crippen LogP contribution in [-0.2, 0) is 16.0 Å². The number of aromatic nitrogens is 1. The molecule has 2 aromatic rings. The lowest BCUT2D eigenvalue weighted by Crippen LogP contribution is -2.27. The molecule has 1 aliphatic rings. The summed E-state index contributed by atoms with van der Waals surface area (Å²) >= 11 is 0. The summed E-state index contributed by atoms with van der Waals surface area (Å²) in [5.41, 5.74) is 0.656. The number of nitro benzene ring substituents is 1. The Bertz CT molecular complexity index is 713. The SMILES string of the molecule is O=c1oc2ccc([N+](=O)[O-])cc2n1CCC1OCCCO1. The van der Waals surface area contributed by atoms with Gasteiger partial charge in [-0.3, -0.25) is 14.7 Å². The maximum atomic E-state index is 11.8. The number of aryl methyl sites for hydroxylation is 1. The van der Waals surface area contributed by atoms with Gasteiger partial charge >= 0.3 is 5.76 Å². The Labute approximate surface area is 119 Å². The second-order valence-corrected chi connectivity index (χ2v) is 4.74. The first kappa shape index (κ1) is 13.8. The zero-order valence-corrected chi connectivity index (χ0v) is 11.2. The highest BCUT2D eigenvalue weighted by Gasteiger charge is 2.18. The van der Waals surface area contributed by atoms with Crippen molar-refractivity contribution in [1.29, 1.82) is 0 Å². The van der Waals surface area contributed by atoms with Crippen LogP contribution < -0.4 is 5.76 Å². The number of rotatable bonds is 4. The first-order valence-corrected chi connectivity index (χ1v) is 6.66. The lowest BCUT2D eigenvalue weighted by molar-refractivity contribution is -0.384. The summed E-state index contributed by atoms with van der Waals surface area (Å²) in [6.45, 7) is 1.59. The van der Waals surface area contributed by atoms with Crippen molar-refractivity contribution in [3.63, 3.8) is 0 Å². The quantitative estimate of drug-likeness (QED) is 0.628. The van der Waals surface area contributed by atoms with E-state index in [1.165, 1.54) is 22.8 Å². The Morgan fingerprint density at radius 3 is 2.81 bits per heavy atom. The third-order valence-corrected chi connectivity index (χ3v) is 3.35. The van der Waals surface area contributed by atoms with Gasteiger partial charge in [-0.1, -0.05) is 0 Å². The predicted molar refractivity (Wildman–Crippen MR) is 72.1 cm³/mol. The highest BCUT2D eigenvalue weighted by atomic mass is 16.7. The Morgan fingerprint density at radius 1 is 1.33 bits per heavy atom. The van der Waals surface area contributed by atoms with Crippen molar-refractivity contribution in [3.05, 3.63) is 38.9 Å². The molecule has 1 aromatic carbocycles. The van der Waals surface area contributed by atoms with Gasteiger partial charge < -0.3 is 13.9 Å². The van der Waals surface area contributed by atoms with E-state index in [0.717, 1.165) is 6.42 Å². The Morgan fingerprint density at radius 2 is 2.10 bits per heavy atom. The minimum atomic E-state index is -0.540. The lowest BCUT2D eigenvalue weighted by atomic mass is 10.3. The number of non-ortho nitro benzene ring substituents is 1. The van der Waals surface area contributed by atoms with Crippen LogP contribution in [0.25, 0.3) is 11.1 Å². The summed E-state index contributed by atoms with van der Waals surface area (Å²) in [6, 6.07) is 4.07. The highest BCUT2D eigenvalue weighted by molar-refractivity contribution is 5.75. The van der Waals surface area contributed by atoms with E-state index in [-0.39, 0.29) is 12.0 Å². The number of nitrogens with zero attached hydrogens (tertiary/aromatic N) is 2. The van der Waals surface area contributed by atoms with E-state index >= 15 is 0 Å². The second-order valence-electron chi connectivity index (χ2n) is 4.74. The van der Waals surface area contributed by atoms with Gasteiger partial charge in [0.2, 0.25) is 0 Å². The molecule has 2 heterocycles. The number of benzene rings is 1. The van der Waals surface area contributed by atoms with E-state index in [1.807, 2.05) is 0 Å². The van der Waals surface area contributed by atoms with Gasteiger partial charge in [-0.2, -0.15) is 0 Å². The minimum absolute atomic E-state index is 0.0813. The van der Waals surface area contributed by atoms with Gasteiger partial charge in [0.1, 0.15) is 0 Å². The zero-order valence-electron chi connectivity index (χ0n) is 11.2. The second kappa shape index (κ2) is 5.66. The molecule has 0 bridgehead atoms. The molecule has 0 atom stereocenters. The Balaban J connectivity index is 1.86. The summed E-state index contributed by atoms with van der Waals surface area (Å²) < 4.78 is 17.3. The largest absolute Gasteiger partial charge is 0.419 e. The first-order valence-electron chi connectivity index (χ1n) is 6.66. The van der Waals surface area contributed by atoms with Crippen LogP contribution in [0.3, 0.4) is 0 Å². The summed E-state index contributed by atoms with van der Waals surface area (Å²) in [5.74, 6) is -0.540. The fraction of sp³-hybridized carbons (Fsp3) is 0.462. The van der Waals surface area contributed by atoms with Crippen molar-refractivity contribution in [2.24, 2.45) is 0 Å². The average molecular weight is 294 g/mol. The van der Waals surface area contributed by atoms with Crippen LogP contribution in [0.1, 0.15) is 12.8 Å². The van der Waals surface area contributed by atoms with Crippen LogP contribution in [0, 0.1) is 10.1 Å². The number of oxazole rings is 1. The molecule has 0 aliphatic carbocycles. The Hall–Kier alpha value is -2.19. The van der Waals surface area contributed by atoms with E-state index in [2.05, 4.69) is 0 Å². The smallest absolute Gasteiger partial charge is 0.408 e. The summed E-state index contributed by atoms with van der Waals surface area (Å²) in [5, 5.41) is 10.8. The standard InChI is InChI=1S/C13H14N2O6/c16-13-14(5-4-12-19-6-1-7-20-12)10-8-9(15(17)18)2-3-11(10)21-13/h2-3,8,12H,1,4-7H2. The summed E-state index contributed by atoms with van der Waals surface area (Å²) in [6.07, 6.45) is 0.989. The van der Waals surface area contributed by atoms with Gasteiger partial charge in [0.15, 0.2) is 11.9 Å². The van der Waals surface area contributed by atoms with Crippen molar-refractivity contribution in [2.45, 2.75) is 25.7 Å². The topological polar surface area (TPSA) is 96.7 Å². The van der Waals surface area contributed by atoms with Crippen LogP contribution in [0.15, 0.2) is 27.4 Å². The first-order chi connectivity index (χ1) is 10.1. The fourth-order valence-electron chi connectivity index (χ4n) is 2.31. The molecule has 3 rings (SSSR count). The molecule has 8 nitrogen and oxygen atoms in total. The fourth-order valence-corrected chi connectivity index (χ4v) is 2.31. The molecule has 0 amide bonds. The molecule has 1 fully saturated rings. The van der Waals surface area contributed by atoms with Gasteiger partial charge in [-0.05, 0) is 12.5 Å². The van der Waals surface area contributed by atoms with Gasteiger partial charge in [0.25, 0.3) is 5.69 Å². The number of ether oxygens (including phenoxy) is 2. The number of hydrogen-bond acceptors (Lipinski definition) is 6. The summed E-state index contributed by atoms with van der Waals surface area (Å²) in [4.78, 5) is 22.1. The van der Waals surface area contributed by atoms with E-state index in [9.17, 15) is 14.9 Å². The van der Waals surface area contributed by atoms with Gasteiger partial charge in [-0.15, -0.1) is 0 Å². The predicted octanol–water partition coefficient (Wildman–Crippen LogP) is 1.66. The highest BCUT2D eigenvalue weighted by Crippen LogP contribution is 2.21. The normalized spacial score (nSPS) is 16.4. The Kier molecular flexibility index (Phi) is 3.72. The van der Waals surface area contributed by atoms with E-state index in [0.29, 0.717) is 37.3 Å². The van der Waals surface area contributed by atoms with Crippen LogP contribution in [0.4, 0.5) is 5.69 Å². The van der Waals surface area contributed by atoms with E-state index < -0.39 is 10.7 Å². The molecule has 0 N–H and O–H groups in total. The van der Waals surface area contributed by atoms with Crippen molar-refractivity contribution in [1.82, 2.24) is 4.57 Å². The monoisotopic (exact) mass is 294 g/mol. The molecule has 0 spiro atoms. The number of nitro groups is 1. The molecule has 112 valence electrons. The number of fused-ring (bicyclic) bond motifs is 1. The molecule has 1 saturated heterocycles. The minimum Gasteiger partial charge on any atom is -0.408 e. The molecule has 1 aromatic heterocycles. The maximum absolute atomic E-state index is 11.8. The van der Waals surface area contributed by atoms with Gasteiger partial charge in [-0.25, -0.2) is 4.79 Å². The third-order valence-electron chi connectivity index (χ3n) is 3.35. The van der Waals surface area contributed by atoms with Crippen LogP contribution in [0.2, 0.25) is 0 Å². The van der Waals surface area contributed by atoms with E-state index in [1.54, 1.807) is 0 Å². The van der Waals surface area contributed by atoms with Crippen molar-refractivity contribution < 1.29 is 18.8 Å². The zero-order chi connectivity index (χ0) is 14.8. The average Bonchev–Trinajstić information content (AvgIpc) is 2.80. The third kappa shape index (κ3) is 2.81. The van der Waals surface area contributed by atoms with Gasteiger partial charge in [0, 0.05) is 25.1 Å². The molecule has 0 radical (unpaired) electrons. The molecule has 1 aliphatic heterocycles. The molecule has 0 saturated carbocycles. The molecular formula is C13H14N2O6. The molecule has 0 unspecified atom stereocenters. The molecule has 8 heteroatoms. The van der Waals surface area contributed by atoms with Crippen molar-refractivity contribution in [2.75, 3.05) is 13.2 Å². The van der Waals surface area contributed by atoms with Gasteiger partial charge in [0.05, 0.1) is 23.7 Å². The molecular weight excluding hydrogens is 280 g/mol. The van der Waals surface area contributed by atoms with Crippen molar-refractivity contribution in [3.8, 4) is 0 Å². The molecule has 21 heavy (non-hydrogen) atoms. The van der Waals surface area contributed by atoms with Crippen LogP contribution >= 0.6 is 0 Å². The van der Waals surface area contributed by atoms with Crippen molar-refractivity contribution >= 4 is 16.8 Å². The van der Waals surface area contributed by atoms with E-state index in [4.69, 9.17) is 13.9 Å². The summed E-state index contributed by atoms with van der Waals surface area (Å²) in [7, 11) is 0. The van der Waals surface area contributed by atoms with Crippen LogP contribution in [0.5, 0.6) is 0 Å². The lowest BCUT2D eigenvalue weighted by Gasteiger charge is -2.22.